The highest BCUT2D eigenvalue weighted by Crippen LogP contribution is 2.27. The van der Waals surface area contributed by atoms with Gasteiger partial charge in [0.25, 0.3) is 5.89 Å². The molecule has 1 N–H and O–H groups in total. The number of benzene rings is 1. The van der Waals surface area contributed by atoms with Crippen LogP contribution in [0.15, 0.2) is 22.7 Å². The number of hydrogen-bond acceptors (Lipinski definition) is 4. The molecule has 1 aromatic carbocycles. The lowest BCUT2D eigenvalue weighted by Gasteiger charge is -2.10. The van der Waals surface area contributed by atoms with Crippen molar-refractivity contribution in [3.63, 3.8) is 0 Å². The minimum atomic E-state index is -0.132. The third-order valence-electron chi connectivity index (χ3n) is 2.54. The number of hydrogen-bond donors (Lipinski definition) is 1. The first-order chi connectivity index (χ1) is 7.88. The predicted molar refractivity (Wildman–Crippen MR) is 64.8 cm³/mol. The summed E-state index contributed by atoms with van der Waals surface area (Å²) in [5.74, 6) is 1.41. The van der Waals surface area contributed by atoms with Crippen molar-refractivity contribution < 1.29 is 9.63 Å². The Kier molecular flexibility index (Phi) is 2.65. The van der Waals surface area contributed by atoms with Gasteiger partial charge in [-0.25, -0.2) is 0 Å². The van der Waals surface area contributed by atoms with Gasteiger partial charge in [-0.2, -0.15) is 4.98 Å². The van der Waals surface area contributed by atoms with Crippen LogP contribution in [0.2, 0.25) is 0 Å². The highest BCUT2D eigenvalue weighted by Gasteiger charge is 2.21. The average molecular weight is 232 g/mol. The molecule has 1 aromatic heterocycles. The van der Waals surface area contributed by atoms with Crippen molar-refractivity contribution in [3.8, 4) is 17.2 Å². The zero-order chi connectivity index (χ0) is 12.6. The molecule has 2 aromatic rings. The van der Waals surface area contributed by atoms with E-state index in [1.165, 1.54) is 0 Å². The summed E-state index contributed by atoms with van der Waals surface area (Å²) < 4.78 is 5.26. The summed E-state index contributed by atoms with van der Waals surface area (Å²) in [6.07, 6.45) is 0. The second kappa shape index (κ2) is 3.87. The number of nitrogens with zero attached hydrogens (tertiary/aromatic N) is 2. The molecule has 0 saturated carbocycles. The van der Waals surface area contributed by atoms with Crippen LogP contribution in [-0.2, 0) is 5.41 Å². The van der Waals surface area contributed by atoms with E-state index in [0.29, 0.717) is 11.7 Å². The van der Waals surface area contributed by atoms with E-state index in [-0.39, 0.29) is 11.2 Å². The third kappa shape index (κ3) is 2.30. The second-order valence-corrected chi connectivity index (χ2v) is 5.17. The number of rotatable bonds is 1. The topological polar surface area (TPSA) is 59.2 Å². The van der Waals surface area contributed by atoms with Crippen molar-refractivity contribution in [3.05, 3.63) is 29.6 Å². The third-order valence-corrected chi connectivity index (χ3v) is 2.54. The molecule has 0 aliphatic rings. The lowest BCUT2D eigenvalue weighted by molar-refractivity contribution is 0.402. The first-order valence-electron chi connectivity index (χ1n) is 5.52. The summed E-state index contributed by atoms with van der Waals surface area (Å²) in [6.45, 7) is 8.00. The van der Waals surface area contributed by atoms with Gasteiger partial charge in [-0.05, 0) is 30.7 Å². The van der Waals surface area contributed by atoms with Crippen LogP contribution in [-0.4, -0.2) is 15.2 Å². The molecule has 0 aliphatic carbocycles. The van der Waals surface area contributed by atoms with E-state index < -0.39 is 0 Å². The summed E-state index contributed by atoms with van der Waals surface area (Å²) in [5, 5.41) is 13.3. The van der Waals surface area contributed by atoms with Crippen LogP contribution in [0.5, 0.6) is 5.75 Å². The minimum Gasteiger partial charge on any atom is -0.508 e. The Morgan fingerprint density at radius 3 is 2.47 bits per heavy atom. The standard InChI is InChI=1S/C13H16N2O2/c1-8-7-9(16)5-6-10(8)11-14-12(15-17-11)13(2,3)4/h5-7,16H,1-4H3. The van der Waals surface area contributed by atoms with Gasteiger partial charge in [0.15, 0.2) is 5.82 Å². The molecule has 0 bridgehead atoms. The first-order valence-corrected chi connectivity index (χ1v) is 5.52. The lowest BCUT2D eigenvalue weighted by Crippen LogP contribution is -2.13. The predicted octanol–water partition coefficient (Wildman–Crippen LogP) is 3.05. The molecule has 90 valence electrons. The highest BCUT2D eigenvalue weighted by atomic mass is 16.5. The molecule has 1 heterocycles. The molecule has 0 aliphatic heterocycles. The normalized spacial score (nSPS) is 11.8. The van der Waals surface area contributed by atoms with Crippen molar-refractivity contribution in [1.82, 2.24) is 10.1 Å². The molecule has 0 atom stereocenters. The number of phenolic OH excluding ortho intramolecular Hbond substituents is 1. The SMILES string of the molecule is Cc1cc(O)ccc1-c1nc(C(C)(C)C)no1. The molecule has 0 fully saturated rings. The Morgan fingerprint density at radius 1 is 1.24 bits per heavy atom. The number of aromatic hydroxyl groups is 1. The fraction of sp³-hybridized carbons (Fsp3) is 0.385. The van der Waals surface area contributed by atoms with Crippen molar-refractivity contribution in [1.29, 1.82) is 0 Å². The van der Waals surface area contributed by atoms with E-state index in [2.05, 4.69) is 10.1 Å². The Balaban J connectivity index is 2.44. The molecule has 0 unspecified atom stereocenters. The summed E-state index contributed by atoms with van der Waals surface area (Å²) >= 11 is 0. The largest absolute Gasteiger partial charge is 0.508 e. The van der Waals surface area contributed by atoms with Crippen LogP contribution in [0.25, 0.3) is 11.5 Å². The molecule has 4 heteroatoms. The summed E-state index contributed by atoms with van der Waals surface area (Å²) in [5.41, 5.74) is 1.63. The quantitative estimate of drug-likeness (QED) is 0.821. The Labute approximate surface area is 100 Å². The van der Waals surface area contributed by atoms with Gasteiger partial charge in [0.05, 0.1) is 0 Å². The van der Waals surface area contributed by atoms with Gasteiger partial charge in [0, 0.05) is 11.0 Å². The van der Waals surface area contributed by atoms with Gasteiger partial charge in [-0.1, -0.05) is 25.9 Å². The van der Waals surface area contributed by atoms with E-state index in [4.69, 9.17) is 4.52 Å². The van der Waals surface area contributed by atoms with E-state index in [1.54, 1.807) is 18.2 Å². The monoisotopic (exact) mass is 232 g/mol. The summed E-state index contributed by atoms with van der Waals surface area (Å²) in [6, 6.07) is 5.07. The van der Waals surface area contributed by atoms with Gasteiger partial charge in [-0.3, -0.25) is 0 Å². The maximum Gasteiger partial charge on any atom is 0.258 e. The number of aromatic nitrogens is 2. The molecule has 17 heavy (non-hydrogen) atoms. The highest BCUT2D eigenvalue weighted by molar-refractivity contribution is 5.59. The minimum absolute atomic E-state index is 0.132. The van der Waals surface area contributed by atoms with Gasteiger partial charge >= 0.3 is 0 Å². The average Bonchev–Trinajstić information content (AvgIpc) is 2.65. The molecular weight excluding hydrogens is 216 g/mol. The van der Waals surface area contributed by atoms with Crippen molar-refractivity contribution in [2.75, 3.05) is 0 Å². The zero-order valence-corrected chi connectivity index (χ0v) is 10.5. The zero-order valence-electron chi connectivity index (χ0n) is 10.5. The Morgan fingerprint density at radius 2 is 1.94 bits per heavy atom. The van der Waals surface area contributed by atoms with Crippen molar-refractivity contribution in [2.45, 2.75) is 33.1 Å². The van der Waals surface area contributed by atoms with Crippen LogP contribution in [0.4, 0.5) is 0 Å². The number of phenols is 1. The number of aryl methyl sites for hydroxylation is 1. The lowest BCUT2D eigenvalue weighted by atomic mass is 9.96. The smallest absolute Gasteiger partial charge is 0.258 e. The van der Waals surface area contributed by atoms with Crippen LogP contribution in [0.3, 0.4) is 0 Å². The molecular formula is C13H16N2O2. The van der Waals surface area contributed by atoms with Crippen molar-refractivity contribution >= 4 is 0 Å². The Bertz CT molecular complexity index is 539. The van der Waals surface area contributed by atoms with Crippen LogP contribution in [0.1, 0.15) is 32.2 Å². The van der Waals surface area contributed by atoms with Gasteiger partial charge in [-0.15, -0.1) is 0 Å². The molecule has 2 rings (SSSR count). The van der Waals surface area contributed by atoms with Crippen LogP contribution >= 0.6 is 0 Å². The van der Waals surface area contributed by atoms with Crippen LogP contribution < -0.4 is 0 Å². The maximum absolute atomic E-state index is 9.35. The van der Waals surface area contributed by atoms with E-state index in [0.717, 1.165) is 11.1 Å². The maximum atomic E-state index is 9.35. The summed E-state index contributed by atoms with van der Waals surface area (Å²) in [4.78, 5) is 4.38. The Hall–Kier alpha value is -1.84. The van der Waals surface area contributed by atoms with E-state index in [9.17, 15) is 5.11 Å². The second-order valence-electron chi connectivity index (χ2n) is 5.17. The van der Waals surface area contributed by atoms with E-state index in [1.807, 2.05) is 27.7 Å². The molecule has 0 radical (unpaired) electrons. The fourth-order valence-electron chi connectivity index (χ4n) is 1.53. The van der Waals surface area contributed by atoms with E-state index >= 15 is 0 Å². The molecule has 4 nitrogen and oxygen atoms in total. The van der Waals surface area contributed by atoms with Gasteiger partial charge in [0.1, 0.15) is 5.75 Å². The van der Waals surface area contributed by atoms with Crippen molar-refractivity contribution in [2.24, 2.45) is 0 Å². The van der Waals surface area contributed by atoms with Crippen LogP contribution in [0, 0.1) is 6.92 Å². The summed E-state index contributed by atoms with van der Waals surface area (Å²) in [7, 11) is 0. The van der Waals surface area contributed by atoms with Gasteiger partial charge in [0.2, 0.25) is 0 Å². The molecule has 0 amide bonds. The van der Waals surface area contributed by atoms with Gasteiger partial charge < -0.3 is 9.63 Å². The fourth-order valence-corrected chi connectivity index (χ4v) is 1.53. The molecule has 0 saturated heterocycles. The first kappa shape index (κ1) is 11.6. The molecule has 0 spiro atoms.